The molecule has 1 aromatic heterocycles. The van der Waals surface area contributed by atoms with E-state index in [1.165, 1.54) is 16.6 Å². The molecule has 6 heteroatoms. The summed E-state index contributed by atoms with van der Waals surface area (Å²) in [5.74, 6) is 0.397. The lowest BCUT2D eigenvalue weighted by Crippen LogP contribution is -2.39. The van der Waals surface area contributed by atoms with Crippen molar-refractivity contribution in [3.63, 3.8) is 0 Å². The van der Waals surface area contributed by atoms with Gasteiger partial charge in [-0.1, -0.05) is 18.5 Å². The number of rotatable bonds is 2. The van der Waals surface area contributed by atoms with Crippen molar-refractivity contribution < 1.29 is 8.42 Å². The van der Waals surface area contributed by atoms with Gasteiger partial charge in [-0.15, -0.1) is 0 Å². The van der Waals surface area contributed by atoms with E-state index in [2.05, 4.69) is 11.9 Å². The van der Waals surface area contributed by atoms with Gasteiger partial charge in [-0.3, -0.25) is 0 Å². The van der Waals surface area contributed by atoms with Gasteiger partial charge < -0.3 is 0 Å². The first kappa shape index (κ1) is 12.8. The highest BCUT2D eigenvalue weighted by molar-refractivity contribution is 7.89. The maximum Gasteiger partial charge on any atom is 0.246 e. The van der Waals surface area contributed by atoms with E-state index < -0.39 is 10.0 Å². The zero-order valence-electron chi connectivity index (χ0n) is 9.63. The molecule has 0 spiro atoms. The Morgan fingerprint density at radius 2 is 2.29 bits per heavy atom. The van der Waals surface area contributed by atoms with Crippen LogP contribution in [0.2, 0.25) is 5.15 Å². The predicted octanol–water partition coefficient (Wildman–Crippen LogP) is 2.16. The van der Waals surface area contributed by atoms with Crippen LogP contribution in [0.5, 0.6) is 0 Å². The molecule has 0 amide bonds. The fourth-order valence-electron chi connectivity index (χ4n) is 2.07. The zero-order chi connectivity index (χ0) is 12.5. The molecule has 2 heterocycles. The van der Waals surface area contributed by atoms with Crippen molar-refractivity contribution in [3.8, 4) is 0 Å². The fourth-order valence-corrected chi connectivity index (χ4v) is 4.09. The highest BCUT2D eigenvalue weighted by atomic mass is 35.5. The highest BCUT2D eigenvalue weighted by Gasteiger charge is 2.30. The minimum Gasteiger partial charge on any atom is -0.243 e. The van der Waals surface area contributed by atoms with Gasteiger partial charge in [-0.05, 0) is 30.9 Å². The second-order valence-corrected chi connectivity index (χ2v) is 6.67. The fraction of sp³-hybridized carbons (Fsp3) is 0.545. The molecule has 1 unspecified atom stereocenters. The van der Waals surface area contributed by atoms with Crippen molar-refractivity contribution in [1.29, 1.82) is 0 Å². The van der Waals surface area contributed by atoms with E-state index in [0.717, 1.165) is 12.8 Å². The smallest absolute Gasteiger partial charge is 0.243 e. The first-order valence-corrected chi connectivity index (χ1v) is 7.44. The normalized spacial score (nSPS) is 22.6. The van der Waals surface area contributed by atoms with Crippen LogP contribution in [0.4, 0.5) is 0 Å². The summed E-state index contributed by atoms with van der Waals surface area (Å²) in [5, 5.41) is 0.0470. The summed E-state index contributed by atoms with van der Waals surface area (Å²) in [6.07, 6.45) is 3.46. The molecule has 0 bridgehead atoms. The Morgan fingerprint density at radius 3 is 2.94 bits per heavy atom. The summed E-state index contributed by atoms with van der Waals surface area (Å²) in [6, 6.07) is 3.09. The van der Waals surface area contributed by atoms with Gasteiger partial charge in [0.15, 0.2) is 0 Å². The molecule has 0 radical (unpaired) electrons. The van der Waals surface area contributed by atoms with E-state index in [1.807, 2.05) is 0 Å². The van der Waals surface area contributed by atoms with Crippen molar-refractivity contribution in [2.75, 3.05) is 13.1 Å². The summed E-state index contributed by atoms with van der Waals surface area (Å²) >= 11 is 5.85. The Kier molecular flexibility index (Phi) is 3.70. The topological polar surface area (TPSA) is 50.3 Å². The quantitative estimate of drug-likeness (QED) is 0.777. The summed E-state index contributed by atoms with van der Waals surface area (Å²) in [4.78, 5) is 3.93. The first-order chi connectivity index (χ1) is 8.01. The number of halogens is 1. The number of aromatic nitrogens is 1. The van der Waals surface area contributed by atoms with Crippen LogP contribution in [0.15, 0.2) is 23.2 Å². The molecule has 17 heavy (non-hydrogen) atoms. The summed E-state index contributed by atoms with van der Waals surface area (Å²) in [5.41, 5.74) is 0. The molecule has 1 atom stereocenters. The van der Waals surface area contributed by atoms with E-state index in [-0.39, 0.29) is 10.0 Å². The van der Waals surface area contributed by atoms with Gasteiger partial charge in [0.05, 0.1) is 0 Å². The molecule has 4 nitrogen and oxygen atoms in total. The van der Waals surface area contributed by atoms with Gasteiger partial charge in [-0.25, -0.2) is 13.4 Å². The molecule has 0 saturated carbocycles. The van der Waals surface area contributed by atoms with Gasteiger partial charge in [0, 0.05) is 19.3 Å². The summed E-state index contributed by atoms with van der Waals surface area (Å²) < 4.78 is 26.2. The standard InChI is InChI=1S/C11H15ClN2O2S/c1-9-4-3-7-14(8-9)17(15,16)10-5-2-6-13-11(10)12/h2,5-6,9H,3-4,7-8H2,1H3. The Morgan fingerprint density at radius 1 is 1.53 bits per heavy atom. The third kappa shape index (κ3) is 2.61. The van der Waals surface area contributed by atoms with Gasteiger partial charge in [0.2, 0.25) is 10.0 Å². The van der Waals surface area contributed by atoms with E-state index in [1.54, 1.807) is 6.07 Å². The molecule has 94 valence electrons. The molecule has 1 aromatic rings. The van der Waals surface area contributed by atoms with E-state index in [4.69, 9.17) is 11.6 Å². The lowest BCUT2D eigenvalue weighted by Gasteiger charge is -2.30. The second-order valence-electron chi connectivity index (χ2n) is 4.40. The van der Waals surface area contributed by atoms with Crippen LogP contribution >= 0.6 is 11.6 Å². The molecular weight excluding hydrogens is 260 g/mol. The van der Waals surface area contributed by atoms with Crippen molar-refractivity contribution in [2.24, 2.45) is 5.92 Å². The number of sulfonamides is 1. The second kappa shape index (κ2) is 4.92. The molecule has 1 saturated heterocycles. The Balaban J connectivity index is 2.33. The Labute approximate surface area is 107 Å². The molecular formula is C11H15ClN2O2S. The lowest BCUT2D eigenvalue weighted by molar-refractivity contribution is 0.281. The monoisotopic (exact) mass is 274 g/mol. The van der Waals surface area contributed by atoms with E-state index >= 15 is 0 Å². The average molecular weight is 275 g/mol. The zero-order valence-corrected chi connectivity index (χ0v) is 11.2. The SMILES string of the molecule is CC1CCCN(S(=O)(=O)c2cccnc2Cl)C1. The van der Waals surface area contributed by atoms with Crippen LogP contribution in [0.25, 0.3) is 0 Å². The third-order valence-corrected chi connectivity index (χ3v) is 5.27. The Bertz CT molecular complexity index is 504. The van der Waals surface area contributed by atoms with Gasteiger partial charge >= 0.3 is 0 Å². The third-order valence-electron chi connectivity index (χ3n) is 2.96. The van der Waals surface area contributed by atoms with Gasteiger partial charge in [0.25, 0.3) is 0 Å². The maximum absolute atomic E-state index is 12.4. The van der Waals surface area contributed by atoms with Crippen LogP contribution < -0.4 is 0 Å². The molecule has 2 rings (SSSR count). The molecule has 0 N–H and O–H groups in total. The Hall–Kier alpha value is -0.650. The number of hydrogen-bond donors (Lipinski definition) is 0. The van der Waals surface area contributed by atoms with Crippen LogP contribution in [0, 0.1) is 5.92 Å². The predicted molar refractivity (Wildman–Crippen MR) is 66.4 cm³/mol. The lowest BCUT2D eigenvalue weighted by atomic mass is 10.0. The van der Waals surface area contributed by atoms with Crippen molar-refractivity contribution in [1.82, 2.24) is 9.29 Å². The van der Waals surface area contributed by atoms with Gasteiger partial charge in [0.1, 0.15) is 10.0 Å². The molecule has 1 fully saturated rings. The van der Waals surface area contributed by atoms with E-state index in [0.29, 0.717) is 19.0 Å². The van der Waals surface area contributed by atoms with Crippen molar-refractivity contribution in [3.05, 3.63) is 23.5 Å². The van der Waals surface area contributed by atoms with Crippen molar-refractivity contribution >= 4 is 21.6 Å². The molecule has 1 aliphatic rings. The average Bonchev–Trinajstić information content (AvgIpc) is 2.29. The summed E-state index contributed by atoms with van der Waals surface area (Å²) in [7, 11) is -3.49. The number of nitrogens with zero attached hydrogens (tertiary/aromatic N) is 2. The van der Waals surface area contributed by atoms with Crippen LogP contribution in [0.1, 0.15) is 19.8 Å². The minimum absolute atomic E-state index is 0.0470. The number of hydrogen-bond acceptors (Lipinski definition) is 3. The summed E-state index contributed by atoms with van der Waals surface area (Å²) in [6.45, 7) is 3.19. The van der Waals surface area contributed by atoms with Crippen molar-refractivity contribution in [2.45, 2.75) is 24.7 Å². The maximum atomic E-state index is 12.4. The largest absolute Gasteiger partial charge is 0.246 e. The van der Waals surface area contributed by atoms with E-state index in [9.17, 15) is 8.42 Å². The van der Waals surface area contributed by atoms with Crippen LogP contribution in [0.3, 0.4) is 0 Å². The molecule has 1 aliphatic heterocycles. The molecule has 0 aromatic carbocycles. The van der Waals surface area contributed by atoms with Crippen LogP contribution in [-0.2, 0) is 10.0 Å². The highest BCUT2D eigenvalue weighted by Crippen LogP contribution is 2.26. The minimum atomic E-state index is -3.49. The first-order valence-electron chi connectivity index (χ1n) is 5.62. The molecule has 0 aliphatic carbocycles. The number of piperidine rings is 1. The number of pyridine rings is 1. The van der Waals surface area contributed by atoms with Crippen LogP contribution in [-0.4, -0.2) is 30.8 Å². The van der Waals surface area contributed by atoms with Gasteiger partial charge in [-0.2, -0.15) is 4.31 Å².